The maximum absolute atomic E-state index is 12.4. The molecule has 0 spiro atoms. The van der Waals surface area contributed by atoms with E-state index in [-0.39, 0.29) is 0 Å². The summed E-state index contributed by atoms with van der Waals surface area (Å²) in [6, 6.07) is 10.3. The van der Waals surface area contributed by atoms with Crippen molar-refractivity contribution >= 4 is 11.7 Å². The van der Waals surface area contributed by atoms with Crippen LogP contribution < -0.4 is 24.3 Å². The molecule has 2 rings (SSSR count). The van der Waals surface area contributed by atoms with E-state index in [0.29, 0.717) is 28.6 Å². The van der Waals surface area contributed by atoms with Crippen LogP contribution in [0.2, 0.25) is 0 Å². The zero-order valence-electron chi connectivity index (χ0n) is 14.2. The zero-order chi connectivity index (χ0) is 17.5. The maximum atomic E-state index is 12.4. The highest BCUT2D eigenvalue weighted by molar-refractivity contribution is 5.92. The van der Waals surface area contributed by atoms with Crippen molar-refractivity contribution in [3.05, 3.63) is 42.0 Å². The highest BCUT2D eigenvalue weighted by Gasteiger charge is 2.18. The van der Waals surface area contributed by atoms with E-state index in [2.05, 4.69) is 5.32 Å². The predicted octanol–water partition coefficient (Wildman–Crippen LogP) is 3.36. The van der Waals surface area contributed by atoms with E-state index in [0.717, 1.165) is 12.2 Å². The van der Waals surface area contributed by atoms with Gasteiger partial charge in [-0.2, -0.15) is 0 Å². The molecule has 0 bridgehead atoms. The quantitative estimate of drug-likeness (QED) is 0.620. The molecule has 6 nitrogen and oxygen atoms in total. The van der Waals surface area contributed by atoms with E-state index in [9.17, 15) is 4.79 Å². The number of carbonyl (C=O) groups is 1. The monoisotopic (exact) mass is 331 g/mol. The Labute approximate surface area is 141 Å². The van der Waals surface area contributed by atoms with Crippen LogP contribution in [0.3, 0.4) is 0 Å². The van der Waals surface area contributed by atoms with Gasteiger partial charge in [-0.3, -0.25) is 0 Å². The van der Waals surface area contributed by atoms with Crippen LogP contribution in [0.15, 0.2) is 36.4 Å². The lowest BCUT2D eigenvalue weighted by atomic mass is 10.2. The lowest BCUT2D eigenvalue weighted by Gasteiger charge is -2.13. The number of esters is 1. The van der Waals surface area contributed by atoms with Gasteiger partial charge in [0.05, 0.1) is 26.9 Å². The third kappa shape index (κ3) is 3.90. The van der Waals surface area contributed by atoms with E-state index in [1.165, 1.54) is 21.3 Å². The summed E-state index contributed by atoms with van der Waals surface area (Å²) in [6.07, 6.45) is 0. The van der Waals surface area contributed by atoms with Crippen molar-refractivity contribution < 1.29 is 23.7 Å². The van der Waals surface area contributed by atoms with Crippen molar-refractivity contribution in [3.63, 3.8) is 0 Å². The van der Waals surface area contributed by atoms with Gasteiger partial charge in [-0.1, -0.05) is 0 Å². The van der Waals surface area contributed by atoms with E-state index in [1.807, 2.05) is 19.1 Å². The van der Waals surface area contributed by atoms with Crippen molar-refractivity contribution in [1.82, 2.24) is 0 Å². The van der Waals surface area contributed by atoms with Gasteiger partial charge in [0.25, 0.3) is 0 Å². The Hall–Kier alpha value is -2.89. The fourth-order valence-corrected chi connectivity index (χ4v) is 2.21. The molecule has 24 heavy (non-hydrogen) atoms. The molecule has 0 aliphatic rings. The number of rotatable bonds is 7. The lowest BCUT2D eigenvalue weighted by Crippen LogP contribution is -2.09. The standard InChI is InChI=1S/C18H21NO5/c1-5-19-13-6-8-14(9-7-13)24-18(20)12-10-15(21-2)17(23-4)16(11-12)22-3/h6-11,19H,5H2,1-4H3. The molecular weight excluding hydrogens is 310 g/mol. The molecule has 0 aliphatic heterocycles. The number of hydrogen-bond donors (Lipinski definition) is 1. The third-order valence-corrected chi connectivity index (χ3v) is 3.35. The van der Waals surface area contributed by atoms with Crippen molar-refractivity contribution in [2.75, 3.05) is 33.2 Å². The number of benzene rings is 2. The van der Waals surface area contributed by atoms with Crippen LogP contribution in [0.4, 0.5) is 5.69 Å². The van der Waals surface area contributed by atoms with Crippen molar-refractivity contribution in [1.29, 1.82) is 0 Å². The molecule has 2 aromatic rings. The Balaban J connectivity index is 2.22. The van der Waals surface area contributed by atoms with Crippen LogP contribution in [0.1, 0.15) is 17.3 Å². The molecule has 128 valence electrons. The Morgan fingerprint density at radius 1 is 0.958 bits per heavy atom. The fourth-order valence-electron chi connectivity index (χ4n) is 2.21. The molecule has 0 aliphatic carbocycles. The Morgan fingerprint density at radius 3 is 2.00 bits per heavy atom. The topological polar surface area (TPSA) is 66.0 Å². The fraction of sp³-hybridized carbons (Fsp3) is 0.278. The van der Waals surface area contributed by atoms with Crippen LogP contribution in [-0.4, -0.2) is 33.8 Å². The number of nitrogens with one attached hydrogen (secondary N) is 1. The second-order valence-corrected chi connectivity index (χ2v) is 4.86. The van der Waals surface area contributed by atoms with Gasteiger partial charge >= 0.3 is 5.97 Å². The molecule has 1 N–H and O–H groups in total. The molecule has 0 heterocycles. The van der Waals surface area contributed by atoms with Crippen molar-refractivity contribution in [2.45, 2.75) is 6.92 Å². The average molecular weight is 331 g/mol. The third-order valence-electron chi connectivity index (χ3n) is 3.35. The summed E-state index contributed by atoms with van der Waals surface area (Å²) in [7, 11) is 4.49. The zero-order valence-corrected chi connectivity index (χ0v) is 14.2. The van der Waals surface area contributed by atoms with E-state index in [1.54, 1.807) is 24.3 Å². The van der Waals surface area contributed by atoms with Gasteiger partial charge in [0.1, 0.15) is 5.75 Å². The molecule has 2 aromatic carbocycles. The number of anilines is 1. The van der Waals surface area contributed by atoms with Gasteiger partial charge in [-0.15, -0.1) is 0 Å². The van der Waals surface area contributed by atoms with Gasteiger partial charge in [0, 0.05) is 12.2 Å². The van der Waals surface area contributed by atoms with E-state index >= 15 is 0 Å². The number of carbonyl (C=O) groups excluding carboxylic acids is 1. The lowest BCUT2D eigenvalue weighted by molar-refractivity contribution is 0.0734. The summed E-state index contributed by atoms with van der Waals surface area (Å²) >= 11 is 0. The summed E-state index contributed by atoms with van der Waals surface area (Å²) < 4.78 is 21.1. The number of hydrogen-bond acceptors (Lipinski definition) is 6. The van der Waals surface area contributed by atoms with Gasteiger partial charge in [-0.25, -0.2) is 4.79 Å². The molecule has 0 unspecified atom stereocenters. The van der Waals surface area contributed by atoms with Crippen LogP contribution in [0, 0.1) is 0 Å². The van der Waals surface area contributed by atoms with Crippen LogP contribution in [-0.2, 0) is 0 Å². The molecule has 0 amide bonds. The van der Waals surface area contributed by atoms with Crippen molar-refractivity contribution in [2.24, 2.45) is 0 Å². The first kappa shape index (κ1) is 17.5. The summed E-state index contributed by atoms with van der Waals surface area (Å²) in [6.45, 7) is 2.84. The minimum Gasteiger partial charge on any atom is -0.493 e. The smallest absolute Gasteiger partial charge is 0.343 e. The molecule has 0 saturated heterocycles. The number of ether oxygens (including phenoxy) is 4. The molecule has 0 radical (unpaired) electrons. The predicted molar refractivity (Wildman–Crippen MR) is 91.7 cm³/mol. The summed E-state index contributed by atoms with van der Waals surface area (Å²) in [4.78, 5) is 12.4. The Bertz CT molecular complexity index is 672. The SMILES string of the molecule is CCNc1ccc(OC(=O)c2cc(OC)c(OC)c(OC)c2)cc1. The van der Waals surface area contributed by atoms with Crippen molar-refractivity contribution in [3.8, 4) is 23.0 Å². The molecule has 0 saturated carbocycles. The van der Waals surface area contributed by atoms with Gasteiger partial charge in [0.15, 0.2) is 11.5 Å². The van der Waals surface area contributed by atoms with Crippen LogP contribution in [0.25, 0.3) is 0 Å². The highest BCUT2D eigenvalue weighted by Crippen LogP contribution is 2.38. The second-order valence-electron chi connectivity index (χ2n) is 4.86. The number of methoxy groups -OCH3 is 3. The van der Waals surface area contributed by atoms with Gasteiger partial charge < -0.3 is 24.3 Å². The average Bonchev–Trinajstić information content (AvgIpc) is 2.62. The Kier molecular flexibility index (Phi) is 5.89. The van der Waals surface area contributed by atoms with Crippen LogP contribution >= 0.6 is 0 Å². The van der Waals surface area contributed by atoms with Gasteiger partial charge in [-0.05, 0) is 43.3 Å². The molecule has 0 atom stereocenters. The second kappa shape index (κ2) is 8.10. The van der Waals surface area contributed by atoms with Crippen LogP contribution in [0.5, 0.6) is 23.0 Å². The summed E-state index contributed by atoms with van der Waals surface area (Å²) in [5.74, 6) is 1.16. The normalized spacial score (nSPS) is 10.0. The Morgan fingerprint density at radius 2 is 1.54 bits per heavy atom. The molecule has 0 fully saturated rings. The minimum absolute atomic E-state index is 0.306. The first-order valence-electron chi connectivity index (χ1n) is 7.49. The van der Waals surface area contributed by atoms with E-state index < -0.39 is 5.97 Å². The summed E-state index contributed by atoms with van der Waals surface area (Å²) in [5.41, 5.74) is 1.27. The first-order valence-corrected chi connectivity index (χ1v) is 7.49. The summed E-state index contributed by atoms with van der Waals surface area (Å²) in [5, 5.41) is 3.18. The molecular formula is C18H21NO5. The minimum atomic E-state index is -0.509. The molecule has 0 aromatic heterocycles. The first-order chi connectivity index (χ1) is 11.6. The van der Waals surface area contributed by atoms with E-state index in [4.69, 9.17) is 18.9 Å². The largest absolute Gasteiger partial charge is 0.493 e. The highest BCUT2D eigenvalue weighted by atomic mass is 16.5. The maximum Gasteiger partial charge on any atom is 0.343 e. The van der Waals surface area contributed by atoms with Gasteiger partial charge in [0.2, 0.25) is 5.75 Å². The molecule has 6 heteroatoms.